The van der Waals surface area contributed by atoms with Crippen LogP contribution in [-0.4, -0.2) is 30.1 Å². The highest BCUT2D eigenvalue weighted by Crippen LogP contribution is 2.49. The number of rotatable bonds is 6. The van der Waals surface area contributed by atoms with E-state index >= 15 is 0 Å². The lowest BCUT2D eigenvalue weighted by atomic mass is 9.64. The van der Waals surface area contributed by atoms with Crippen molar-refractivity contribution >= 4 is 27.5 Å². The number of carbonyl (C=O) groups is 2. The van der Waals surface area contributed by atoms with Crippen LogP contribution in [0.1, 0.15) is 37.8 Å². The van der Waals surface area contributed by atoms with E-state index in [-0.39, 0.29) is 11.1 Å². The van der Waals surface area contributed by atoms with Crippen LogP contribution in [0.4, 0.5) is 0 Å². The zero-order valence-corrected chi connectivity index (χ0v) is 18.2. The Morgan fingerprint density at radius 2 is 1.48 bits per heavy atom. The fourth-order valence-electron chi connectivity index (χ4n) is 4.38. The van der Waals surface area contributed by atoms with Crippen LogP contribution < -0.4 is 4.74 Å². The standard InChI is InChI=1S/C24H18BrNO5/c1-31-18-12-8-16(9-13-18)24(22(27)19-4-2-3-5-20(19)23(24)28)21(14-26(29)30)15-6-10-17(25)11-7-15/h2-13,21H,14H2,1H3/t21-/m0/s1. The number of ketones is 2. The van der Waals surface area contributed by atoms with Gasteiger partial charge in [0.2, 0.25) is 6.54 Å². The van der Waals surface area contributed by atoms with Crippen molar-refractivity contribution in [3.63, 3.8) is 0 Å². The van der Waals surface area contributed by atoms with Gasteiger partial charge >= 0.3 is 0 Å². The van der Waals surface area contributed by atoms with Gasteiger partial charge in [-0.05, 0) is 35.4 Å². The van der Waals surface area contributed by atoms with E-state index in [9.17, 15) is 19.7 Å². The molecule has 6 nitrogen and oxygen atoms in total. The summed E-state index contributed by atoms with van der Waals surface area (Å²) in [5.41, 5.74) is -0.210. The number of hydrogen-bond acceptors (Lipinski definition) is 5. The summed E-state index contributed by atoms with van der Waals surface area (Å²) < 4.78 is 6.01. The summed E-state index contributed by atoms with van der Waals surface area (Å²) in [6.07, 6.45) is 0. The van der Waals surface area contributed by atoms with Crippen molar-refractivity contribution in [2.45, 2.75) is 11.3 Å². The van der Waals surface area contributed by atoms with Crippen molar-refractivity contribution < 1.29 is 19.2 Å². The number of ether oxygens (including phenoxy) is 1. The lowest BCUT2D eigenvalue weighted by Gasteiger charge is -2.33. The van der Waals surface area contributed by atoms with Gasteiger partial charge < -0.3 is 4.74 Å². The molecule has 7 heteroatoms. The van der Waals surface area contributed by atoms with Gasteiger partial charge in [0.05, 0.1) is 13.0 Å². The van der Waals surface area contributed by atoms with Gasteiger partial charge in [0.1, 0.15) is 11.2 Å². The lowest BCUT2D eigenvalue weighted by molar-refractivity contribution is -0.484. The molecule has 0 radical (unpaired) electrons. The number of nitro groups is 1. The Balaban J connectivity index is 2.01. The Hall–Kier alpha value is -3.32. The summed E-state index contributed by atoms with van der Waals surface area (Å²) >= 11 is 3.37. The monoisotopic (exact) mass is 479 g/mol. The van der Waals surface area contributed by atoms with E-state index in [1.54, 1.807) is 72.8 Å². The Morgan fingerprint density at radius 1 is 0.935 bits per heavy atom. The Morgan fingerprint density at radius 3 is 1.97 bits per heavy atom. The molecule has 0 saturated heterocycles. The Kier molecular flexibility index (Phi) is 5.45. The highest BCUT2D eigenvalue weighted by atomic mass is 79.9. The van der Waals surface area contributed by atoms with Crippen LogP contribution in [0.25, 0.3) is 0 Å². The van der Waals surface area contributed by atoms with E-state index in [0.717, 1.165) is 4.47 Å². The summed E-state index contributed by atoms with van der Waals surface area (Å²) in [5.74, 6) is -1.28. The second-order valence-electron chi connectivity index (χ2n) is 7.36. The fraction of sp³-hybridized carbons (Fsp3) is 0.167. The Bertz CT molecular complexity index is 1140. The number of nitrogens with zero attached hydrogens (tertiary/aromatic N) is 1. The topological polar surface area (TPSA) is 86.5 Å². The molecular weight excluding hydrogens is 462 g/mol. The third kappa shape index (κ3) is 3.35. The van der Waals surface area contributed by atoms with E-state index in [1.165, 1.54) is 7.11 Å². The summed E-state index contributed by atoms with van der Waals surface area (Å²) in [6, 6.07) is 20.1. The van der Waals surface area contributed by atoms with Crippen LogP contribution in [0, 0.1) is 10.1 Å². The summed E-state index contributed by atoms with van der Waals surface area (Å²) in [7, 11) is 1.52. The van der Waals surface area contributed by atoms with Gasteiger partial charge in [0, 0.05) is 20.5 Å². The van der Waals surface area contributed by atoms with Gasteiger partial charge in [-0.2, -0.15) is 0 Å². The van der Waals surface area contributed by atoms with Crippen molar-refractivity contribution in [1.82, 2.24) is 0 Å². The van der Waals surface area contributed by atoms with Gasteiger partial charge in [-0.1, -0.05) is 64.5 Å². The number of fused-ring (bicyclic) bond motifs is 1. The SMILES string of the molecule is COc1ccc(C2([C@@H](C[N+](=O)[O-])c3ccc(Br)cc3)C(=O)c3ccccc3C2=O)cc1. The van der Waals surface area contributed by atoms with Crippen molar-refractivity contribution in [2.24, 2.45) is 0 Å². The average molecular weight is 480 g/mol. The van der Waals surface area contributed by atoms with Gasteiger partial charge in [-0.15, -0.1) is 0 Å². The first kappa shape index (κ1) is 20.9. The zero-order valence-electron chi connectivity index (χ0n) is 16.6. The molecule has 0 bridgehead atoms. The molecule has 1 aliphatic rings. The summed E-state index contributed by atoms with van der Waals surface area (Å²) in [5, 5.41) is 11.7. The van der Waals surface area contributed by atoms with Crippen LogP contribution >= 0.6 is 15.9 Å². The number of benzene rings is 3. The summed E-state index contributed by atoms with van der Waals surface area (Å²) in [6.45, 7) is -0.570. The fourth-order valence-corrected chi connectivity index (χ4v) is 4.64. The molecule has 0 amide bonds. The number of carbonyl (C=O) groups excluding carboxylic acids is 2. The quantitative estimate of drug-likeness (QED) is 0.287. The van der Waals surface area contributed by atoms with Gasteiger partial charge in [-0.3, -0.25) is 19.7 Å². The normalized spacial score (nSPS) is 15.4. The molecule has 0 aliphatic heterocycles. The third-order valence-corrected chi connectivity index (χ3v) is 6.33. The first-order valence-corrected chi connectivity index (χ1v) is 10.4. The van der Waals surface area contributed by atoms with Gasteiger partial charge in [-0.25, -0.2) is 0 Å². The molecule has 1 atom stereocenters. The number of methoxy groups -OCH3 is 1. The molecule has 0 unspecified atom stereocenters. The largest absolute Gasteiger partial charge is 0.497 e. The predicted octanol–water partition coefficient (Wildman–Crippen LogP) is 4.84. The van der Waals surface area contributed by atoms with Gasteiger partial charge in [0.15, 0.2) is 11.6 Å². The maximum atomic E-state index is 13.9. The zero-order chi connectivity index (χ0) is 22.2. The van der Waals surface area contributed by atoms with Crippen LogP contribution in [0.5, 0.6) is 5.75 Å². The van der Waals surface area contributed by atoms with Crippen molar-refractivity contribution in [3.8, 4) is 5.75 Å². The first-order chi connectivity index (χ1) is 14.9. The van der Waals surface area contributed by atoms with Crippen LogP contribution in [-0.2, 0) is 5.41 Å². The van der Waals surface area contributed by atoms with E-state index in [1.807, 2.05) is 0 Å². The molecule has 0 fully saturated rings. The number of Topliss-reactive ketones (excluding diaryl/α,β-unsaturated/α-hetero) is 2. The number of halogens is 1. The van der Waals surface area contributed by atoms with Gasteiger partial charge in [0.25, 0.3) is 0 Å². The molecule has 4 rings (SSSR count). The third-order valence-electron chi connectivity index (χ3n) is 5.80. The van der Waals surface area contributed by atoms with E-state index in [4.69, 9.17) is 4.74 Å². The van der Waals surface area contributed by atoms with E-state index < -0.39 is 34.4 Å². The smallest absolute Gasteiger partial charge is 0.212 e. The molecule has 0 saturated carbocycles. The lowest BCUT2D eigenvalue weighted by Crippen LogP contribution is -2.46. The predicted molar refractivity (Wildman–Crippen MR) is 119 cm³/mol. The van der Waals surface area contributed by atoms with Crippen molar-refractivity contribution in [1.29, 1.82) is 0 Å². The molecule has 31 heavy (non-hydrogen) atoms. The number of hydrogen-bond donors (Lipinski definition) is 0. The minimum Gasteiger partial charge on any atom is -0.497 e. The minimum atomic E-state index is -1.74. The minimum absolute atomic E-state index is 0.286. The molecule has 0 heterocycles. The molecule has 0 N–H and O–H groups in total. The maximum absolute atomic E-state index is 13.9. The molecule has 0 spiro atoms. The molecule has 0 aromatic heterocycles. The molecular formula is C24H18BrNO5. The highest BCUT2D eigenvalue weighted by Gasteiger charge is 2.60. The second-order valence-corrected chi connectivity index (χ2v) is 8.28. The second kappa shape index (κ2) is 8.07. The Labute approximate surface area is 187 Å². The molecule has 156 valence electrons. The van der Waals surface area contributed by atoms with Crippen molar-refractivity contribution in [3.05, 3.63) is 110 Å². The van der Waals surface area contributed by atoms with Crippen LogP contribution in [0.15, 0.2) is 77.3 Å². The van der Waals surface area contributed by atoms with E-state index in [0.29, 0.717) is 16.9 Å². The molecule has 1 aliphatic carbocycles. The van der Waals surface area contributed by atoms with Crippen LogP contribution in [0.2, 0.25) is 0 Å². The maximum Gasteiger partial charge on any atom is 0.212 e. The molecule has 3 aromatic carbocycles. The van der Waals surface area contributed by atoms with Crippen molar-refractivity contribution in [2.75, 3.05) is 13.7 Å². The summed E-state index contributed by atoms with van der Waals surface area (Å²) in [4.78, 5) is 39.0. The van der Waals surface area contributed by atoms with Crippen LogP contribution in [0.3, 0.4) is 0 Å². The highest BCUT2D eigenvalue weighted by molar-refractivity contribution is 9.10. The first-order valence-electron chi connectivity index (χ1n) is 9.60. The average Bonchev–Trinajstić information content (AvgIpc) is 3.01. The van der Waals surface area contributed by atoms with E-state index in [2.05, 4.69) is 15.9 Å². The molecule has 3 aromatic rings.